The summed E-state index contributed by atoms with van der Waals surface area (Å²) in [5.41, 5.74) is 0.472. The lowest BCUT2D eigenvalue weighted by molar-refractivity contribution is 0.253. The highest BCUT2D eigenvalue weighted by atomic mass is 14.9. The van der Waals surface area contributed by atoms with Gasteiger partial charge < -0.3 is 5.32 Å². The molecule has 1 atom stereocenters. The van der Waals surface area contributed by atoms with E-state index in [1.165, 1.54) is 38.5 Å². The molecular formula is C13H24N2. The van der Waals surface area contributed by atoms with Gasteiger partial charge in [0, 0.05) is 12.6 Å². The molecule has 0 aromatic rings. The Kier molecular flexibility index (Phi) is 5.11. The third kappa shape index (κ3) is 4.66. The van der Waals surface area contributed by atoms with E-state index in [0.29, 0.717) is 17.9 Å². The Labute approximate surface area is 94.1 Å². The van der Waals surface area contributed by atoms with Crippen LogP contribution < -0.4 is 5.32 Å². The first-order chi connectivity index (χ1) is 7.16. The minimum atomic E-state index is 0.343. The van der Waals surface area contributed by atoms with Crippen molar-refractivity contribution in [1.82, 2.24) is 5.32 Å². The fraction of sp³-hybridized carbons (Fsp3) is 0.923. The zero-order valence-electron chi connectivity index (χ0n) is 10.2. The van der Waals surface area contributed by atoms with Gasteiger partial charge in [0.15, 0.2) is 0 Å². The van der Waals surface area contributed by atoms with Gasteiger partial charge in [-0.3, -0.25) is 0 Å². The van der Waals surface area contributed by atoms with Crippen LogP contribution in [0.25, 0.3) is 0 Å². The standard InChI is InChI=1S/C13H24N2/c1-12(7-10-14)15-11-13(2)8-5-3-4-6-9-13/h12,15H,3-9,11H2,1-2H3. The predicted octanol–water partition coefficient (Wildman–Crippen LogP) is 3.24. The molecule has 86 valence electrons. The van der Waals surface area contributed by atoms with E-state index < -0.39 is 0 Å². The molecule has 0 aromatic heterocycles. The lowest BCUT2D eigenvalue weighted by Crippen LogP contribution is -2.36. The molecule has 15 heavy (non-hydrogen) atoms. The van der Waals surface area contributed by atoms with Crippen LogP contribution in [0.15, 0.2) is 0 Å². The number of hydrogen-bond donors (Lipinski definition) is 1. The van der Waals surface area contributed by atoms with Crippen molar-refractivity contribution in [1.29, 1.82) is 5.26 Å². The van der Waals surface area contributed by atoms with Gasteiger partial charge in [-0.25, -0.2) is 0 Å². The molecule has 0 aliphatic heterocycles. The molecule has 0 amide bonds. The minimum absolute atomic E-state index is 0.343. The van der Waals surface area contributed by atoms with Crippen molar-refractivity contribution in [2.75, 3.05) is 6.54 Å². The molecule has 0 aromatic carbocycles. The third-order valence-corrected chi connectivity index (χ3v) is 3.59. The van der Waals surface area contributed by atoms with Crippen molar-refractivity contribution >= 4 is 0 Å². The van der Waals surface area contributed by atoms with Crippen LogP contribution in [0.3, 0.4) is 0 Å². The van der Waals surface area contributed by atoms with E-state index in [1.807, 2.05) is 0 Å². The zero-order chi connectivity index (χ0) is 11.1. The summed E-state index contributed by atoms with van der Waals surface area (Å²) in [4.78, 5) is 0. The molecule has 1 aliphatic carbocycles. The van der Waals surface area contributed by atoms with Gasteiger partial charge in [0.2, 0.25) is 0 Å². The maximum atomic E-state index is 8.59. The fourth-order valence-electron chi connectivity index (χ4n) is 2.39. The van der Waals surface area contributed by atoms with Crippen molar-refractivity contribution in [3.8, 4) is 6.07 Å². The van der Waals surface area contributed by atoms with Gasteiger partial charge in [-0.2, -0.15) is 5.26 Å². The van der Waals surface area contributed by atoms with Crippen LogP contribution in [0.5, 0.6) is 0 Å². The van der Waals surface area contributed by atoms with Crippen LogP contribution in [0.1, 0.15) is 58.8 Å². The van der Waals surface area contributed by atoms with Crippen molar-refractivity contribution in [2.24, 2.45) is 5.41 Å². The summed E-state index contributed by atoms with van der Waals surface area (Å²) in [6.07, 6.45) is 8.89. The molecule has 2 nitrogen and oxygen atoms in total. The van der Waals surface area contributed by atoms with Gasteiger partial charge >= 0.3 is 0 Å². The zero-order valence-corrected chi connectivity index (χ0v) is 10.2. The highest BCUT2D eigenvalue weighted by molar-refractivity contribution is 4.83. The van der Waals surface area contributed by atoms with Gasteiger partial charge in [-0.1, -0.05) is 32.6 Å². The number of nitrogens with zero attached hydrogens (tertiary/aromatic N) is 1. The monoisotopic (exact) mass is 208 g/mol. The van der Waals surface area contributed by atoms with Crippen LogP contribution in [0, 0.1) is 16.7 Å². The van der Waals surface area contributed by atoms with E-state index >= 15 is 0 Å². The second kappa shape index (κ2) is 6.12. The Hall–Kier alpha value is -0.550. The third-order valence-electron chi connectivity index (χ3n) is 3.59. The maximum Gasteiger partial charge on any atom is 0.0638 e. The molecular weight excluding hydrogens is 184 g/mol. The second-order valence-electron chi connectivity index (χ2n) is 5.37. The topological polar surface area (TPSA) is 35.8 Å². The quantitative estimate of drug-likeness (QED) is 0.720. The molecule has 1 rings (SSSR count). The molecule has 1 unspecified atom stereocenters. The van der Waals surface area contributed by atoms with Crippen molar-refractivity contribution in [3.63, 3.8) is 0 Å². The molecule has 0 spiro atoms. The van der Waals surface area contributed by atoms with Gasteiger partial charge in [-0.15, -0.1) is 0 Å². The Morgan fingerprint density at radius 3 is 2.40 bits per heavy atom. The van der Waals surface area contributed by atoms with Crippen LogP contribution in [0.4, 0.5) is 0 Å². The summed E-state index contributed by atoms with van der Waals surface area (Å²) in [7, 11) is 0. The summed E-state index contributed by atoms with van der Waals surface area (Å²) in [5.74, 6) is 0. The van der Waals surface area contributed by atoms with E-state index in [1.54, 1.807) is 0 Å². The summed E-state index contributed by atoms with van der Waals surface area (Å²) in [6.45, 7) is 5.57. The first kappa shape index (κ1) is 12.5. The molecule has 1 saturated carbocycles. The number of rotatable bonds is 4. The molecule has 1 aliphatic rings. The smallest absolute Gasteiger partial charge is 0.0638 e. The van der Waals surface area contributed by atoms with E-state index in [-0.39, 0.29) is 0 Å². The summed E-state index contributed by atoms with van der Waals surface area (Å²) < 4.78 is 0. The fourth-order valence-corrected chi connectivity index (χ4v) is 2.39. The summed E-state index contributed by atoms with van der Waals surface area (Å²) in [5, 5.41) is 12.1. The minimum Gasteiger partial charge on any atom is -0.313 e. The van der Waals surface area contributed by atoms with Crippen molar-refractivity contribution in [2.45, 2.75) is 64.8 Å². The average Bonchev–Trinajstić information content (AvgIpc) is 2.42. The molecule has 1 N–H and O–H groups in total. The van der Waals surface area contributed by atoms with Crippen LogP contribution in [-0.2, 0) is 0 Å². The Morgan fingerprint density at radius 1 is 1.27 bits per heavy atom. The number of nitriles is 1. The van der Waals surface area contributed by atoms with E-state index in [2.05, 4.69) is 25.2 Å². The molecule has 1 fully saturated rings. The Balaban J connectivity index is 2.31. The molecule has 2 heteroatoms. The molecule has 0 radical (unpaired) electrons. The maximum absolute atomic E-state index is 8.59. The Bertz CT molecular complexity index is 209. The number of nitrogens with one attached hydrogen (secondary N) is 1. The number of hydrogen-bond acceptors (Lipinski definition) is 2. The second-order valence-corrected chi connectivity index (χ2v) is 5.37. The Morgan fingerprint density at radius 2 is 1.87 bits per heavy atom. The molecule has 0 saturated heterocycles. The SMILES string of the molecule is CC(CC#N)NCC1(C)CCCCCC1. The van der Waals surface area contributed by atoms with Crippen molar-refractivity contribution < 1.29 is 0 Å². The highest BCUT2D eigenvalue weighted by Gasteiger charge is 2.25. The van der Waals surface area contributed by atoms with Gasteiger partial charge in [-0.05, 0) is 25.2 Å². The van der Waals surface area contributed by atoms with Gasteiger partial charge in [0.25, 0.3) is 0 Å². The van der Waals surface area contributed by atoms with Crippen molar-refractivity contribution in [3.05, 3.63) is 0 Å². The van der Waals surface area contributed by atoms with Crippen LogP contribution in [-0.4, -0.2) is 12.6 Å². The summed E-state index contributed by atoms with van der Waals surface area (Å²) in [6, 6.07) is 2.56. The van der Waals surface area contributed by atoms with E-state index in [4.69, 9.17) is 5.26 Å². The normalized spacial score (nSPS) is 22.7. The summed E-state index contributed by atoms with van der Waals surface area (Å²) >= 11 is 0. The lowest BCUT2D eigenvalue weighted by Gasteiger charge is -2.29. The van der Waals surface area contributed by atoms with E-state index in [9.17, 15) is 0 Å². The largest absolute Gasteiger partial charge is 0.313 e. The molecule has 0 heterocycles. The average molecular weight is 208 g/mol. The van der Waals surface area contributed by atoms with Gasteiger partial charge in [0.05, 0.1) is 12.5 Å². The van der Waals surface area contributed by atoms with E-state index in [0.717, 1.165) is 6.54 Å². The van der Waals surface area contributed by atoms with Gasteiger partial charge in [0.1, 0.15) is 0 Å². The lowest BCUT2D eigenvalue weighted by atomic mass is 9.82. The van der Waals surface area contributed by atoms with Crippen LogP contribution in [0.2, 0.25) is 0 Å². The first-order valence-electron chi connectivity index (χ1n) is 6.27. The molecule has 0 bridgehead atoms. The highest BCUT2D eigenvalue weighted by Crippen LogP contribution is 2.33. The predicted molar refractivity (Wildman–Crippen MR) is 63.5 cm³/mol. The van der Waals surface area contributed by atoms with Crippen LogP contribution >= 0.6 is 0 Å². The first-order valence-corrected chi connectivity index (χ1v) is 6.27.